The molecule has 9 nitrogen and oxygen atoms in total. The summed E-state index contributed by atoms with van der Waals surface area (Å²) in [7, 11) is 1.43. The highest BCUT2D eigenvalue weighted by Crippen LogP contribution is 2.33. The van der Waals surface area contributed by atoms with E-state index in [9.17, 15) is 9.59 Å². The number of hydrazine groups is 1. The van der Waals surface area contributed by atoms with Crippen LogP contribution in [0.2, 0.25) is 5.02 Å². The summed E-state index contributed by atoms with van der Waals surface area (Å²) in [4.78, 5) is 25.1. The Hall–Kier alpha value is -2.23. The molecule has 1 aliphatic heterocycles. The van der Waals surface area contributed by atoms with Gasteiger partial charge in [-0.1, -0.05) is 21.9 Å². The van der Waals surface area contributed by atoms with Gasteiger partial charge in [0.05, 0.1) is 7.11 Å². The van der Waals surface area contributed by atoms with Crippen LogP contribution in [0.3, 0.4) is 0 Å². The van der Waals surface area contributed by atoms with Crippen LogP contribution in [0.15, 0.2) is 28.5 Å². The van der Waals surface area contributed by atoms with Gasteiger partial charge in [0.2, 0.25) is 5.91 Å². The Bertz CT molecular complexity index is 663. The van der Waals surface area contributed by atoms with Crippen molar-refractivity contribution in [2.45, 2.75) is 18.9 Å². The van der Waals surface area contributed by atoms with Crippen LogP contribution in [0, 0.1) is 5.92 Å². The van der Waals surface area contributed by atoms with Gasteiger partial charge in [-0.15, -0.1) is 0 Å². The van der Waals surface area contributed by atoms with E-state index in [-0.39, 0.29) is 5.92 Å². The largest absolute Gasteiger partial charge is 0.496 e. The molecule has 0 bridgehead atoms. The Balaban J connectivity index is 2.40. The molecular weight excluding hydrogens is 350 g/mol. The van der Waals surface area contributed by atoms with E-state index in [2.05, 4.69) is 10.3 Å². The van der Waals surface area contributed by atoms with Gasteiger partial charge in [-0.05, 0) is 31.0 Å². The Kier molecular flexibility index (Phi) is 6.68. The van der Waals surface area contributed by atoms with Crippen molar-refractivity contribution in [1.29, 1.82) is 0 Å². The lowest BCUT2D eigenvalue weighted by Gasteiger charge is -2.30. The van der Waals surface area contributed by atoms with Gasteiger partial charge in [-0.25, -0.2) is 5.84 Å². The molecule has 10 heteroatoms. The highest BCUT2D eigenvalue weighted by Gasteiger charge is 2.36. The number of benzene rings is 1. The second-order valence-corrected chi connectivity index (χ2v) is 5.91. The third-order valence-electron chi connectivity index (χ3n) is 3.98. The van der Waals surface area contributed by atoms with Gasteiger partial charge in [0.15, 0.2) is 6.04 Å². The smallest absolute Gasteiger partial charge is 0.295 e. The minimum Gasteiger partial charge on any atom is -0.496 e. The second-order valence-electron chi connectivity index (χ2n) is 5.47. The molecular formula is C15H20ClN5O4. The molecule has 0 radical (unpaired) electrons. The monoisotopic (exact) mass is 369 g/mol. The van der Waals surface area contributed by atoms with E-state index >= 15 is 0 Å². The third-order valence-corrected chi connectivity index (χ3v) is 4.21. The fourth-order valence-corrected chi connectivity index (χ4v) is 2.90. The summed E-state index contributed by atoms with van der Waals surface area (Å²) >= 11 is 6.03. The lowest BCUT2D eigenvalue weighted by atomic mass is 9.97. The number of carbonyl (C=O) groups excluding carboxylic acids is 2. The highest BCUT2D eigenvalue weighted by atomic mass is 35.5. The first-order valence-corrected chi connectivity index (χ1v) is 8.01. The molecule has 1 aromatic carbocycles. The van der Waals surface area contributed by atoms with Gasteiger partial charge in [0, 0.05) is 29.7 Å². The number of nitrogens with zero attached hydrogens (tertiary/aromatic N) is 3. The van der Waals surface area contributed by atoms with Gasteiger partial charge in [0.1, 0.15) is 5.75 Å². The van der Waals surface area contributed by atoms with Crippen LogP contribution in [-0.4, -0.2) is 37.1 Å². The molecule has 0 aliphatic carbocycles. The molecule has 0 aromatic heterocycles. The first-order chi connectivity index (χ1) is 12.0. The average Bonchev–Trinajstić information content (AvgIpc) is 2.62. The van der Waals surface area contributed by atoms with Crippen molar-refractivity contribution in [2.24, 2.45) is 27.9 Å². The van der Waals surface area contributed by atoms with Gasteiger partial charge in [-0.3, -0.25) is 14.6 Å². The predicted molar refractivity (Wildman–Crippen MR) is 89.4 cm³/mol. The maximum Gasteiger partial charge on any atom is 0.295 e. The molecule has 1 aliphatic rings. The molecule has 1 fully saturated rings. The summed E-state index contributed by atoms with van der Waals surface area (Å²) in [5.41, 5.74) is 0.301. The number of rotatable bonds is 5. The first kappa shape index (κ1) is 19.1. The fraction of sp³-hybridized carbons (Fsp3) is 0.467. The summed E-state index contributed by atoms with van der Waals surface area (Å²) in [5, 5.41) is 7.52. The Morgan fingerprint density at radius 2 is 2.08 bits per heavy atom. The Labute approximate surface area is 149 Å². The van der Waals surface area contributed by atoms with Crippen LogP contribution in [0.4, 0.5) is 0 Å². The average molecular weight is 370 g/mol. The molecule has 1 saturated heterocycles. The van der Waals surface area contributed by atoms with Gasteiger partial charge >= 0.3 is 0 Å². The minimum atomic E-state index is -1.25. The van der Waals surface area contributed by atoms with Crippen LogP contribution in [0.1, 0.15) is 24.4 Å². The standard InChI is InChI=1S/C15H20ClN5O4/c1-24-12-3-2-10(16)8-11(12)13(14(22)19-20-17)21(18)15(23)9-4-6-25-7-5-9/h2-3,8-9,13H,4-7,18H2,1H3,(H2,17,19,22). The van der Waals surface area contributed by atoms with Crippen LogP contribution >= 0.6 is 11.6 Å². The van der Waals surface area contributed by atoms with E-state index < -0.39 is 17.9 Å². The summed E-state index contributed by atoms with van der Waals surface area (Å²) in [5.74, 6) is 9.80. The normalized spacial score (nSPS) is 16.6. The Morgan fingerprint density at radius 1 is 1.40 bits per heavy atom. The van der Waals surface area contributed by atoms with Crippen molar-refractivity contribution in [3.8, 4) is 5.75 Å². The molecule has 4 N–H and O–H groups in total. The molecule has 2 rings (SSSR count). The lowest BCUT2D eigenvalue weighted by Crippen LogP contribution is -2.47. The number of hydrogen-bond acceptors (Lipinski definition) is 6. The maximum atomic E-state index is 12.7. The van der Waals surface area contributed by atoms with Crippen molar-refractivity contribution < 1.29 is 19.1 Å². The summed E-state index contributed by atoms with van der Waals surface area (Å²) in [6, 6.07) is 3.41. The molecule has 0 saturated carbocycles. The van der Waals surface area contributed by atoms with Gasteiger partial charge < -0.3 is 15.3 Å². The lowest BCUT2D eigenvalue weighted by molar-refractivity contribution is -0.145. The zero-order valence-corrected chi connectivity index (χ0v) is 14.5. The van der Waals surface area contributed by atoms with Crippen LogP contribution < -0.4 is 16.4 Å². The SMILES string of the molecule is COc1ccc(Cl)cc1C(C(=O)N=NN)N(N)C(=O)C1CCOCC1. The van der Waals surface area contributed by atoms with Crippen molar-refractivity contribution in [2.75, 3.05) is 20.3 Å². The van der Waals surface area contributed by atoms with E-state index in [0.717, 1.165) is 5.01 Å². The predicted octanol–water partition coefficient (Wildman–Crippen LogP) is 1.37. The number of methoxy groups -OCH3 is 1. The highest BCUT2D eigenvalue weighted by molar-refractivity contribution is 6.30. The summed E-state index contributed by atoms with van der Waals surface area (Å²) < 4.78 is 10.5. The van der Waals surface area contributed by atoms with E-state index in [1.165, 1.54) is 13.2 Å². The third kappa shape index (κ3) is 4.44. The quantitative estimate of drug-likeness (QED) is 0.348. The number of carbonyl (C=O) groups is 2. The number of ether oxygens (including phenoxy) is 2. The second kappa shape index (κ2) is 8.75. The van der Waals surface area contributed by atoms with Crippen molar-refractivity contribution >= 4 is 23.4 Å². The zero-order valence-electron chi connectivity index (χ0n) is 13.7. The molecule has 1 aromatic rings. The molecule has 1 heterocycles. The maximum absolute atomic E-state index is 12.7. The fourth-order valence-electron chi connectivity index (χ4n) is 2.71. The van der Waals surface area contributed by atoms with Crippen LogP contribution in [0.5, 0.6) is 5.75 Å². The molecule has 1 atom stereocenters. The zero-order chi connectivity index (χ0) is 18.4. The molecule has 0 spiro atoms. The van der Waals surface area contributed by atoms with E-state index in [0.29, 0.717) is 42.4 Å². The molecule has 1 unspecified atom stereocenters. The summed E-state index contributed by atoms with van der Waals surface area (Å²) in [6.45, 7) is 0.928. The Morgan fingerprint density at radius 3 is 2.68 bits per heavy atom. The van der Waals surface area contributed by atoms with Crippen molar-refractivity contribution in [1.82, 2.24) is 5.01 Å². The van der Waals surface area contributed by atoms with Crippen LogP contribution in [-0.2, 0) is 14.3 Å². The first-order valence-electron chi connectivity index (χ1n) is 7.63. The number of halogens is 1. The molecule has 25 heavy (non-hydrogen) atoms. The minimum absolute atomic E-state index is 0.301. The van der Waals surface area contributed by atoms with E-state index in [4.69, 9.17) is 32.8 Å². The van der Waals surface area contributed by atoms with Crippen molar-refractivity contribution in [3.05, 3.63) is 28.8 Å². The number of amides is 2. The van der Waals surface area contributed by atoms with Crippen LogP contribution in [0.25, 0.3) is 0 Å². The molecule has 136 valence electrons. The number of nitrogens with two attached hydrogens (primary N) is 2. The van der Waals surface area contributed by atoms with E-state index in [1.807, 2.05) is 0 Å². The van der Waals surface area contributed by atoms with Crippen molar-refractivity contribution in [3.63, 3.8) is 0 Å². The van der Waals surface area contributed by atoms with Gasteiger partial charge in [-0.2, -0.15) is 0 Å². The summed E-state index contributed by atoms with van der Waals surface area (Å²) in [6.07, 6.45) is 1.05. The number of hydrogen-bond donors (Lipinski definition) is 2. The van der Waals surface area contributed by atoms with Gasteiger partial charge in [0.25, 0.3) is 5.91 Å². The van der Waals surface area contributed by atoms with E-state index in [1.54, 1.807) is 12.1 Å². The molecule has 2 amide bonds. The topological polar surface area (TPSA) is 133 Å².